The Balaban J connectivity index is 0.000000200. The lowest BCUT2D eigenvalue weighted by molar-refractivity contribution is 0.286. The second kappa shape index (κ2) is 9.00. The van der Waals surface area contributed by atoms with Gasteiger partial charge in [-0.3, -0.25) is 0 Å². The van der Waals surface area contributed by atoms with E-state index in [2.05, 4.69) is 9.31 Å². The summed E-state index contributed by atoms with van der Waals surface area (Å²) in [4.78, 5) is 0. The summed E-state index contributed by atoms with van der Waals surface area (Å²) < 4.78 is 9.05. The van der Waals surface area contributed by atoms with E-state index in [0.29, 0.717) is 11.5 Å². The first-order valence-electron chi connectivity index (χ1n) is 5.73. The molecule has 0 aliphatic rings. The molecule has 20 heavy (non-hydrogen) atoms. The predicted molar refractivity (Wildman–Crippen MR) is 74.5 cm³/mol. The molecular weight excluding hydrogens is 262 g/mol. The summed E-state index contributed by atoms with van der Waals surface area (Å²) in [6, 6.07) is 17.2. The molecule has 0 saturated carbocycles. The fourth-order valence-corrected chi connectivity index (χ4v) is 1.24. The van der Waals surface area contributed by atoms with E-state index in [1.54, 1.807) is 48.5 Å². The minimum atomic E-state index is -1.73. The molecule has 104 valence electrons. The molecule has 6 nitrogen and oxygen atoms in total. The fraction of sp³-hybridized carbons (Fsp3) is 0. The van der Waals surface area contributed by atoms with Crippen LogP contribution in [-0.2, 0) is 0 Å². The van der Waals surface area contributed by atoms with Crippen molar-refractivity contribution in [3.63, 3.8) is 0 Å². The SMILES string of the molecule is OB(O)Oc1ccccc1.OB(O)Oc1ccccc1. The zero-order chi connectivity index (χ0) is 14.8. The molecule has 0 spiro atoms. The molecule has 4 N–H and O–H groups in total. The lowest BCUT2D eigenvalue weighted by Gasteiger charge is -2.01. The van der Waals surface area contributed by atoms with Gasteiger partial charge in [0.25, 0.3) is 0 Å². The molecule has 2 rings (SSSR count). The van der Waals surface area contributed by atoms with Crippen molar-refractivity contribution in [2.45, 2.75) is 0 Å². The maximum Gasteiger partial charge on any atom is 0.707 e. The highest BCUT2D eigenvalue weighted by Crippen LogP contribution is 2.08. The van der Waals surface area contributed by atoms with Crippen LogP contribution in [0.3, 0.4) is 0 Å². The van der Waals surface area contributed by atoms with E-state index in [9.17, 15) is 0 Å². The summed E-state index contributed by atoms with van der Waals surface area (Å²) in [7, 11) is -3.47. The van der Waals surface area contributed by atoms with Gasteiger partial charge >= 0.3 is 14.6 Å². The monoisotopic (exact) mass is 276 g/mol. The van der Waals surface area contributed by atoms with E-state index in [4.69, 9.17) is 20.1 Å². The third-order valence-corrected chi connectivity index (χ3v) is 1.97. The molecule has 2 aromatic carbocycles. The predicted octanol–water partition coefficient (Wildman–Crippen LogP) is 0.0698. The van der Waals surface area contributed by atoms with Crippen molar-refractivity contribution in [1.29, 1.82) is 0 Å². The van der Waals surface area contributed by atoms with E-state index in [0.717, 1.165) is 0 Å². The molecule has 0 amide bonds. The Morgan fingerprint density at radius 3 is 1.10 bits per heavy atom. The first-order valence-corrected chi connectivity index (χ1v) is 5.73. The van der Waals surface area contributed by atoms with Crippen LogP contribution in [0.2, 0.25) is 0 Å². The van der Waals surface area contributed by atoms with Crippen molar-refractivity contribution < 1.29 is 29.4 Å². The second-order valence-electron chi connectivity index (χ2n) is 3.51. The van der Waals surface area contributed by atoms with Gasteiger partial charge in [0.2, 0.25) is 0 Å². The van der Waals surface area contributed by atoms with Crippen molar-refractivity contribution in [3.05, 3.63) is 60.7 Å². The zero-order valence-electron chi connectivity index (χ0n) is 10.5. The highest BCUT2D eigenvalue weighted by Gasteiger charge is 2.10. The largest absolute Gasteiger partial charge is 0.707 e. The average molecular weight is 276 g/mol. The quantitative estimate of drug-likeness (QED) is 0.590. The Hall–Kier alpha value is -1.99. The number of hydrogen-bond acceptors (Lipinski definition) is 6. The van der Waals surface area contributed by atoms with Crippen molar-refractivity contribution in [3.8, 4) is 11.5 Å². The molecule has 0 saturated heterocycles. The van der Waals surface area contributed by atoms with Crippen LogP contribution in [0, 0.1) is 0 Å². The van der Waals surface area contributed by atoms with Gasteiger partial charge in [-0.05, 0) is 24.3 Å². The van der Waals surface area contributed by atoms with Gasteiger partial charge in [-0.15, -0.1) is 0 Å². The molecule has 0 radical (unpaired) electrons. The lowest BCUT2D eigenvalue weighted by Crippen LogP contribution is -2.20. The van der Waals surface area contributed by atoms with Gasteiger partial charge in [-0.2, -0.15) is 0 Å². The number of hydrogen-bond donors (Lipinski definition) is 4. The van der Waals surface area contributed by atoms with Gasteiger partial charge in [0.05, 0.1) is 0 Å². The maximum atomic E-state index is 8.34. The molecule has 0 aliphatic heterocycles. The molecule has 0 aromatic heterocycles. The van der Waals surface area contributed by atoms with Crippen LogP contribution in [0.1, 0.15) is 0 Å². The Morgan fingerprint density at radius 1 is 0.550 bits per heavy atom. The lowest BCUT2D eigenvalue weighted by atomic mass is 10.2. The fourth-order valence-electron chi connectivity index (χ4n) is 1.24. The first kappa shape index (κ1) is 16.1. The van der Waals surface area contributed by atoms with Crippen molar-refractivity contribution in [2.75, 3.05) is 0 Å². The minimum absolute atomic E-state index is 0.442. The molecule has 0 atom stereocenters. The van der Waals surface area contributed by atoms with Crippen LogP contribution in [0.4, 0.5) is 0 Å². The third-order valence-electron chi connectivity index (χ3n) is 1.97. The molecule has 0 heterocycles. The summed E-state index contributed by atoms with van der Waals surface area (Å²) in [5, 5.41) is 33.4. The van der Waals surface area contributed by atoms with Crippen LogP contribution in [0.15, 0.2) is 60.7 Å². The topological polar surface area (TPSA) is 99.4 Å². The number of rotatable bonds is 4. The minimum Gasteiger partial charge on any atom is -0.512 e. The van der Waals surface area contributed by atoms with Gasteiger partial charge in [0.15, 0.2) is 0 Å². The maximum absolute atomic E-state index is 8.34. The van der Waals surface area contributed by atoms with Gasteiger partial charge in [0.1, 0.15) is 11.5 Å². The summed E-state index contributed by atoms with van der Waals surface area (Å²) in [5.74, 6) is 0.884. The Morgan fingerprint density at radius 2 is 0.850 bits per heavy atom. The first-order chi connectivity index (χ1) is 9.58. The van der Waals surface area contributed by atoms with Crippen molar-refractivity contribution >= 4 is 14.6 Å². The highest BCUT2D eigenvalue weighted by atomic mass is 16.6. The van der Waals surface area contributed by atoms with Gasteiger partial charge in [0, 0.05) is 0 Å². The standard InChI is InChI=1S/2C6H7BO3/c2*8-7(9)10-6-4-2-1-3-5-6/h2*1-5,8-9H. The molecule has 2 aromatic rings. The zero-order valence-corrected chi connectivity index (χ0v) is 10.5. The van der Waals surface area contributed by atoms with Gasteiger partial charge in [-0.25, -0.2) is 0 Å². The summed E-state index contributed by atoms with van der Waals surface area (Å²) in [6.45, 7) is 0. The summed E-state index contributed by atoms with van der Waals surface area (Å²) in [5.41, 5.74) is 0. The van der Waals surface area contributed by atoms with E-state index in [1.807, 2.05) is 12.1 Å². The van der Waals surface area contributed by atoms with Crippen LogP contribution in [-0.4, -0.2) is 34.7 Å². The van der Waals surface area contributed by atoms with Gasteiger partial charge < -0.3 is 29.4 Å². The second-order valence-corrected chi connectivity index (χ2v) is 3.51. The van der Waals surface area contributed by atoms with E-state index < -0.39 is 14.6 Å². The van der Waals surface area contributed by atoms with Crippen LogP contribution in [0.25, 0.3) is 0 Å². The molecule has 0 bridgehead atoms. The Labute approximate surface area is 117 Å². The van der Waals surface area contributed by atoms with Crippen LogP contribution >= 0.6 is 0 Å². The summed E-state index contributed by atoms with van der Waals surface area (Å²) in [6.07, 6.45) is 0. The Kier molecular flexibility index (Phi) is 7.23. The van der Waals surface area contributed by atoms with E-state index in [1.165, 1.54) is 0 Å². The number of benzene rings is 2. The third kappa shape index (κ3) is 7.45. The molecular formula is C12H14B2O6. The van der Waals surface area contributed by atoms with Crippen molar-refractivity contribution in [2.24, 2.45) is 0 Å². The van der Waals surface area contributed by atoms with Crippen molar-refractivity contribution in [1.82, 2.24) is 0 Å². The molecule has 0 unspecified atom stereocenters. The number of para-hydroxylation sites is 2. The molecule has 0 fully saturated rings. The highest BCUT2D eigenvalue weighted by molar-refractivity contribution is 6.34. The Bertz CT molecular complexity index is 420. The van der Waals surface area contributed by atoms with Crippen LogP contribution in [0.5, 0.6) is 11.5 Å². The van der Waals surface area contributed by atoms with Crippen LogP contribution < -0.4 is 9.31 Å². The van der Waals surface area contributed by atoms with Gasteiger partial charge in [-0.1, -0.05) is 36.4 Å². The smallest absolute Gasteiger partial charge is 0.512 e. The normalized spacial score (nSPS) is 9.00. The average Bonchev–Trinajstić information content (AvgIpc) is 2.40. The van der Waals surface area contributed by atoms with E-state index in [-0.39, 0.29) is 0 Å². The molecule has 8 heteroatoms. The summed E-state index contributed by atoms with van der Waals surface area (Å²) >= 11 is 0. The molecule has 0 aliphatic carbocycles. The van der Waals surface area contributed by atoms with E-state index >= 15 is 0 Å².